The van der Waals surface area contributed by atoms with Crippen molar-refractivity contribution in [3.63, 3.8) is 0 Å². The Morgan fingerprint density at radius 2 is 1.48 bits per heavy atom. The summed E-state index contributed by atoms with van der Waals surface area (Å²) in [6, 6.07) is 15.6. The van der Waals surface area contributed by atoms with Gasteiger partial charge in [-0.05, 0) is 29.1 Å². The van der Waals surface area contributed by atoms with Gasteiger partial charge in [0.2, 0.25) is 0 Å². The molecular formula is C17H12F3N. The molecule has 0 bridgehead atoms. The van der Waals surface area contributed by atoms with E-state index >= 15 is 0 Å². The zero-order valence-corrected chi connectivity index (χ0v) is 11.0. The molecule has 3 aromatic rings. The van der Waals surface area contributed by atoms with Crippen molar-refractivity contribution < 1.29 is 13.2 Å². The zero-order valence-electron chi connectivity index (χ0n) is 11.0. The fraction of sp³-hybridized carbons (Fsp3) is 0.0588. The van der Waals surface area contributed by atoms with E-state index < -0.39 is 17.5 Å². The van der Waals surface area contributed by atoms with Gasteiger partial charge in [0, 0.05) is 17.6 Å². The summed E-state index contributed by atoms with van der Waals surface area (Å²) in [6.45, 7) is 0.210. The quantitative estimate of drug-likeness (QED) is 0.678. The summed E-state index contributed by atoms with van der Waals surface area (Å²) in [6.07, 6.45) is 0. The molecule has 21 heavy (non-hydrogen) atoms. The van der Waals surface area contributed by atoms with Crippen LogP contribution in [-0.2, 0) is 6.54 Å². The summed E-state index contributed by atoms with van der Waals surface area (Å²) in [5.74, 6) is -3.79. The molecule has 0 saturated carbocycles. The first-order chi connectivity index (χ1) is 10.1. The van der Waals surface area contributed by atoms with Gasteiger partial charge < -0.3 is 5.32 Å². The van der Waals surface area contributed by atoms with E-state index in [0.29, 0.717) is 5.56 Å². The van der Waals surface area contributed by atoms with Crippen molar-refractivity contribution in [3.8, 4) is 0 Å². The first kappa shape index (κ1) is 13.5. The summed E-state index contributed by atoms with van der Waals surface area (Å²) in [4.78, 5) is 0. The third kappa shape index (κ3) is 2.70. The number of nitrogens with one attached hydrogen (secondary N) is 1. The van der Waals surface area contributed by atoms with Crippen LogP contribution in [0.4, 0.5) is 18.9 Å². The van der Waals surface area contributed by atoms with Crippen LogP contribution in [0.5, 0.6) is 0 Å². The Hall–Kier alpha value is -2.49. The number of rotatable bonds is 3. The van der Waals surface area contributed by atoms with E-state index in [9.17, 15) is 13.2 Å². The fourth-order valence-electron chi connectivity index (χ4n) is 2.29. The lowest BCUT2D eigenvalue weighted by molar-refractivity contribution is 0.445. The maximum Gasteiger partial charge on any atom is 0.194 e. The predicted molar refractivity (Wildman–Crippen MR) is 77.6 cm³/mol. The van der Waals surface area contributed by atoms with Crippen LogP contribution in [0.25, 0.3) is 10.8 Å². The van der Waals surface area contributed by atoms with Gasteiger partial charge in [-0.15, -0.1) is 0 Å². The SMILES string of the molecule is Fc1cc(CNc2cccc3ccccc23)cc(F)c1F. The maximum atomic E-state index is 13.2. The first-order valence-corrected chi connectivity index (χ1v) is 6.50. The van der Waals surface area contributed by atoms with Crippen LogP contribution in [0.1, 0.15) is 5.56 Å². The van der Waals surface area contributed by atoms with Gasteiger partial charge in [-0.2, -0.15) is 0 Å². The van der Waals surface area contributed by atoms with Gasteiger partial charge in [-0.3, -0.25) is 0 Å². The number of anilines is 1. The lowest BCUT2D eigenvalue weighted by atomic mass is 10.1. The Morgan fingerprint density at radius 1 is 0.810 bits per heavy atom. The summed E-state index contributed by atoms with van der Waals surface area (Å²) >= 11 is 0. The van der Waals surface area contributed by atoms with Crippen molar-refractivity contribution in [2.45, 2.75) is 6.54 Å². The Morgan fingerprint density at radius 3 is 2.24 bits per heavy atom. The Labute approximate surface area is 120 Å². The minimum Gasteiger partial charge on any atom is -0.380 e. The number of halogens is 3. The van der Waals surface area contributed by atoms with Crippen molar-refractivity contribution in [2.24, 2.45) is 0 Å². The van der Waals surface area contributed by atoms with E-state index in [4.69, 9.17) is 0 Å². The molecule has 3 rings (SSSR count). The van der Waals surface area contributed by atoms with Gasteiger partial charge in [0.25, 0.3) is 0 Å². The van der Waals surface area contributed by atoms with E-state index in [-0.39, 0.29) is 6.54 Å². The summed E-state index contributed by atoms with van der Waals surface area (Å²) in [7, 11) is 0. The van der Waals surface area contributed by atoms with Crippen LogP contribution in [0.15, 0.2) is 54.6 Å². The molecule has 0 atom stereocenters. The molecule has 0 saturated heterocycles. The van der Waals surface area contributed by atoms with E-state index in [2.05, 4.69) is 5.32 Å². The molecule has 0 aliphatic heterocycles. The average molecular weight is 287 g/mol. The highest BCUT2D eigenvalue weighted by Crippen LogP contribution is 2.24. The molecule has 0 aliphatic carbocycles. The highest BCUT2D eigenvalue weighted by atomic mass is 19.2. The minimum atomic E-state index is -1.44. The zero-order chi connectivity index (χ0) is 14.8. The van der Waals surface area contributed by atoms with Crippen LogP contribution in [0.2, 0.25) is 0 Å². The highest BCUT2D eigenvalue weighted by molar-refractivity contribution is 5.93. The first-order valence-electron chi connectivity index (χ1n) is 6.50. The van der Waals surface area contributed by atoms with Gasteiger partial charge in [0.15, 0.2) is 17.5 Å². The van der Waals surface area contributed by atoms with Gasteiger partial charge in [-0.1, -0.05) is 36.4 Å². The molecule has 4 heteroatoms. The second-order valence-electron chi connectivity index (χ2n) is 4.75. The van der Waals surface area contributed by atoms with Gasteiger partial charge >= 0.3 is 0 Å². The Kier molecular flexibility index (Phi) is 3.52. The smallest absolute Gasteiger partial charge is 0.194 e. The van der Waals surface area contributed by atoms with Crippen LogP contribution in [0, 0.1) is 17.5 Å². The molecular weight excluding hydrogens is 275 g/mol. The molecule has 1 nitrogen and oxygen atoms in total. The molecule has 0 spiro atoms. The molecule has 0 unspecified atom stereocenters. The van der Waals surface area contributed by atoms with Crippen molar-refractivity contribution >= 4 is 16.5 Å². The second kappa shape index (κ2) is 5.48. The van der Waals surface area contributed by atoms with Crippen LogP contribution >= 0.6 is 0 Å². The summed E-state index contributed by atoms with van der Waals surface area (Å²) in [5.41, 5.74) is 1.21. The maximum absolute atomic E-state index is 13.2. The van der Waals surface area contributed by atoms with Gasteiger partial charge in [-0.25, -0.2) is 13.2 Å². The standard InChI is InChI=1S/C17H12F3N/c18-14-8-11(9-15(19)17(14)20)10-21-16-7-3-5-12-4-1-2-6-13(12)16/h1-9,21H,10H2. The monoisotopic (exact) mass is 287 g/mol. The Balaban J connectivity index is 1.87. The third-order valence-electron chi connectivity index (χ3n) is 3.32. The number of hydrogen-bond donors (Lipinski definition) is 1. The predicted octanol–water partition coefficient (Wildman–Crippen LogP) is 4.87. The van der Waals surface area contributed by atoms with Crippen molar-refractivity contribution in [1.82, 2.24) is 0 Å². The van der Waals surface area contributed by atoms with E-state index in [1.165, 1.54) is 0 Å². The number of hydrogen-bond acceptors (Lipinski definition) is 1. The molecule has 0 aromatic heterocycles. The van der Waals surface area contributed by atoms with Crippen LogP contribution in [-0.4, -0.2) is 0 Å². The lowest BCUT2D eigenvalue weighted by Crippen LogP contribution is -2.02. The molecule has 0 fully saturated rings. The third-order valence-corrected chi connectivity index (χ3v) is 3.32. The molecule has 1 N–H and O–H groups in total. The van der Waals surface area contributed by atoms with Crippen molar-refractivity contribution in [3.05, 3.63) is 77.6 Å². The van der Waals surface area contributed by atoms with Crippen LogP contribution < -0.4 is 5.32 Å². The molecule has 0 aliphatic rings. The molecule has 0 radical (unpaired) electrons. The average Bonchev–Trinajstić information content (AvgIpc) is 2.50. The lowest BCUT2D eigenvalue weighted by Gasteiger charge is -2.10. The summed E-state index contributed by atoms with van der Waals surface area (Å²) in [5, 5.41) is 5.21. The van der Waals surface area contributed by atoms with E-state index in [1.807, 2.05) is 42.5 Å². The minimum absolute atomic E-state index is 0.210. The van der Waals surface area contributed by atoms with Gasteiger partial charge in [0.1, 0.15) is 0 Å². The van der Waals surface area contributed by atoms with E-state index in [1.54, 1.807) is 0 Å². The van der Waals surface area contributed by atoms with E-state index in [0.717, 1.165) is 28.6 Å². The molecule has 0 amide bonds. The number of fused-ring (bicyclic) bond motifs is 1. The molecule has 0 heterocycles. The highest BCUT2D eigenvalue weighted by Gasteiger charge is 2.10. The normalized spacial score (nSPS) is 10.8. The Bertz CT molecular complexity index is 771. The van der Waals surface area contributed by atoms with Crippen molar-refractivity contribution in [2.75, 3.05) is 5.32 Å². The largest absolute Gasteiger partial charge is 0.380 e. The topological polar surface area (TPSA) is 12.0 Å². The summed E-state index contributed by atoms with van der Waals surface area (Å²) < 4.78 is 39.3. The fourth-order valence-corrected chi connectivity index (χ4v) is 2.29. The van der Waals surface area contributed by atoms with Gasteiger partial charge in [0.05, 0.1) is 0 Å². The van der Waals surface area contributed by atoms with Crippen molar-refractivity contribution in [1.29, 1.82) is 0 Å². The number of benzene rings is 3. The van der Waals surface area contributed by atoms with Crippen LogP contribution in [0.3, 0.4) is 0 Å². The molecule has 106 valence electrons. The second-order valence-corrected chi connectivity index (χ2v) is 4.75. The molecule has 3 aromatic carbocycles.